The molecule has 1 aromatic heterocycles. The highest BCUT2D eigenvalue weighted by Crippen LogP contribution is 2.21. The maximum absolute atomic E-state index is 12.6. The fourth-order valence-corrected chi connectivity index (χ4v) is 3.12. The monoisotopic (exact) mass is 401 g/mol. The minimum absolute atomic E-state index is 0.114. The van der Waals surface area contributed by atoms with Gasteiger partial charge in [-0.1, -0.05) is 0 Å². The molecule has 7 nitrogen and oxygen atoms in total. The van der Waals surface area contributed by atoms with E-state index in [0.29, 0.717) is 41.3 Å². The van der Waals surface area contributed by atoms with Gasteiger partial charge in [0.25, 0.3) is 0 Å². The maximum atomic E-state index is 12.6. The molecule has 0 amide bonds. The van der Waals surface area contributed by atoms with E-state index in [4.69, 9.17) is 14.2 Å². The van der Waals surface area contributed by atoms with Gasteiger partial charge < -0.3 is 19.2 Å². The first-order chi connectivity index (χ1) is 13.7. The van der Waals surface area contributed by atoms with Crippen molar-refractivity contribution in [2.75, 3.05) is 13.7 Å². The summed E-state index contributed by atoms with van der Waals surface area (Å²) in [6, 6.07) is 7.15. The van der Waals surface area contributed by atoms with Crippen LogP contribution in [0.15, 0.2) is 24.3 Å². The molecule has 29 heavy (non-hydrogen) atoms. The van der Waals surface area contributed by atoms with Crippen LogP contribution in [0.2, 0.25) is 0 Å². The number of ether oxygens (including phenoxy) is 3. The van der Waals surface area contributed by atoms with Gasteiger partial charge in [0, 0.05) is 17.7 Å². The molecule has 1 N–H and O–H groups in total. The van der Waals surface area contributed by atoms with Crippen molar-refractivity contribution in [3.8, 4) is 11.5 Å². The number of carbonyl (C=O) groups excluding carboxylic acids is 3. The van der Waals surface area contributed by atoms with E-state index in [1.165, 1.54) is 13.8 Å². The van der Waals surface area contributed by atoms with E-state index in [2.05, 4.69) is 4.98 Å². The molecule has 0 aliphatic carbocycles. The Hall–Kier alpha value is -3.09. The summed E-state index contributed by atoms with van der Waals surface area (Å²) in [6.07, 6.45) is -0.350. The fourth-order valence-electron chi connectivity index (χ4n) is 3.12. The zero-order valence-corrected chi connectivity index (χ0v) is 17.5. The topological polar surface area (TPSA) is 94.7 Å². The third-order valence-corrected chi connectivity index (χ3v) is 4.57. The summed E-state index contributed by atoms with van der Waals surface area (Å²) in [4.78, 5) is 39.3. The Labute approximate surface area is 170 Å². The van der Waals surface area contributed by atoms with Crippen molar-refractivity contribution >= 4 is 17.5 Å². The number of aryl methyl sites for hydroxylation is 1. The van der Waals surface area contributed by atoms with Gasteiger partial charge in [0.2, 0.25) is 5.78 Å². The van der Waals surface area contributed by atoms with Gasteiger partial charge in [-0.05, 0) is 63.9 Å². The number of aromatic nitrogens is 1. The Kier molecular flexibility index (Phi) is 7.59. The molecule has 2 aromatic rings. The first-order valence-corrected chi connectivity index (χ1v) is 9.45. The van der Waals surface area contributed by atoms with Crippen molar-refractivity contribution in [3.05, 3.63) is 46.8 Å². The number of H-pyrrole nitrogens is 1. The third kappa shape index (κ3) is 5.70. The first kappa shape index (κ1) is 22.2. The van der Waals surface area contributed by atoms with Gasteiger partial charge in [0.1, 0.15) is 11.5 Å². The first-order valence-electron chi connectivity index (χ1n) is 9.45. The molecule has 1 atom stereocenters. The molecule has 0 aliphatic heterocycles. The molecule has 0 saturated carbocycles. The lowest BCUT2D eigenvalue weighted by molar-refractivity contribution is -0.146. The number of ketones is 2. The molecule has 0 spiro atoms. The fraction of sp³-hybridized carbons (Fsp3) is 0.409. The average Bonchev–Trinajstić information content (AvgIpc) is 2.99. The van der Waals surface area contributed by atoms with E-state index in [-0.39, 0.29) is 18.0 Å². The summed E-state index contributed by atoms with van der Waals surface area (Å²) in [5.74, 6) is 0.471. The molecule has 0 fully saturated rings. The molecule has 0 unspecified atom stereocenters. The molecule has 0 aliphatic rings. The lowest BCUT2D eigenvalue weighted by atomic mass is 10.0. The summed E-state index contributed by atoms with van der Waals surface area (Å²) < 4.78 is 15.9. The van der Waals surface area contributed by atoms with Gasteiger partial charge in [-0.15, -0.1) is 0 Å². The van der Waals surface area contributed by atoms with Crippen LogP contribution in [-0.2, 0) is 9.53 Å². The Bertz CT molecular complexity index is 881. The Morgan fingerprint density at radius 3 is 2.24 bits per heavy atom. The molecule has 7 heteroatoms. The van der Waals surface area contributed by atoms with Crippen molar-refractivity contribution < 1.29 is 28.6 Å². The van der Waals surface area contributed by atoms with Crippen LogP contribution < -0.4 is 9.47 Å². The number of hydrogen-bond acceptors (Lipinski definition) is 6. The van der Waals surface area contributed by atoms with Crippen LogP contribution in [-0.4, -0.2) is 42.3 Å². The van der Waals surface area contributed by atoms with Gasteiger partial charge in [-0.2, -0.15) is 0 Å². The molecule has 2 rings (SSSR count). The standard InChI is InChI=1S/C22H27NO6/c1-13-20(15(3)24)14(2)23-21(13)22(26)16(4)29-19(25)7-6-12-28-18-10-8-17(27-5)9-11-18/h8-11,16,23H,6-7,12H2,1-5H3/t16-/m1/s1. The number of nitrogens with one attached hydrogen (secondary N) is 1. The summed E-state index contributed by atoms with van der Waals surface area (Å²) >= 11 is 0. The number of Topliss-reactive ketones (excluding diaryl/α,β-unsaturated/α-hetero) is 2. The highest BCUT2D eigenvalue weighted by atomic mass is 16.5. The average molecular weight is 401 g/mol. The second-order valence-electron chi connectivity index (χ2n) is 6.81. The predicted molar refractivity (Wildman–Crippen MR) is 108 cm³/mol. The van der Waals surface area contributed by atoms with Crippen molar-refractivity contribution in [2.45, 2.75) is 46.6 Å². The number of rotatable bonds is 10. The van der Waals surface area contributed by atoms with E-state index < -0.39 is 12.1 Å². The number of benzene rings is 1. The van der Waals surface area contributed by atoms with Gasteiger partial charge in [0.15, 0.2) is 11.9 Å². The molecule has 0 saturated heterocycles. The highest BCUT2D eigenvalue weighted by Gasteiger charge is 2.25. The largest absolute Gasteiger partial charge is 0.497 e. The maximum Gasteiger partial charge on any atom is 0.306 e. The zero-order valence-electron chi connectivity index (χ0n) is 17.5. The van der Waals surface area contributed by atoms with E-state index in [1.54, 1.807) is 45.2 Å². The number of hydrogen-bond donors (Lipinski definition) is 1. The molecular formula is C22H27NO6. The third-order valence-electron chi connectivity index (χ3n) is 4.57. The molecule has 0 radical (unpaired) electrons. The van der Waals surface area contributed by atoms with Gasteiger partial charge in [0.05, 0.1) is 19.4 Å². The summed E-state index contributed by atoms with van der Waals surface area (Å²) in [5.41, 5.74) is 2.02. The van der Waals surface area contributed by atoms with E-state index in [0.717, 1.165) is 5.75 Å². The quantitative estimate of drug-likeness (QED) is 0.369. The zero-order chi connectivity index (χ0) is 21.6. The Balaban J connectivity index is 1.81. The van der Waals surface area contributed by atoms with Crippen molar-refractivity contribution in [2.24, 2.45) is 0 Å². The number of carbonyl (C=O) groups is 3. The lowest BCUT2D eigenvalue weighted by Crippen LogP contribution is -2.25. The molecular weight excluding hydrogens is 374 g/mol. The number of esters is 1. The molecule has 156 valence electrons. The van der Waals surface area contributed by atoms with Gasteiger partial charge in [-0.25, -0.2) is 0 Å². The second kappa shape index (κ2) is 9.91. The van der Waals surface area contributed by atoms with Gasteiger partial charge in [-0.3, -0.25) is 14.4 Å². The van der Waals surface area contributed by atoms with Crippen molar-refractivity contribution in [1.82, 2.24) is 4.98 Å². The predicted octanol–water partition coefficient (Wildman–Crippen LogP) is 3.82. The normalized spacial score (nSPS) is 11.6. The van der Waals surface area contributed by atoms with Gasteiger partial charge >= 0.3 is 5.97 Å². The van der Waals surface area contributed by atoms with Crippen LogP contribution in [0.1, 0.15) is 58.8 Å². The molecule has 1 aromatic carbocycles. The van der Waals surface area contributed by atoms with Crippen molar-refractivity contribution in [3.63, 3.8) is 0 Å². The molecule has 1 heterocycles. The van der Waals surface area contributed by atoms with Crippen LogP contribution in [0.25, 0.3) is 0 Å². The molecule has 0 bridgehead atoms. The number of methoxy groups -OCH3 is 1. The van der Waals surface area contributed by atoms with Crippen molar-refractivity contribution in [1.29, 1.82) is 0 Å². The van der Waals surface area contributed by atoms with E-state index >= 15 is 0 Å². The number of aromatic amines is 1. The van der Waals surface area contributed by atoms with Crippen LogP contribution in [0.5, 0.6) is 11.5 Å². The lowest BCUT2D eigenvalue weighted by Gasteiger charge is -2.12. The smallest absolute Gasteiger partial charge is 0.306 e. The van der Waals surface area contributed by atoms with Crippen LogP contribution in [0, 0.1) is 13.8 Å². The van der Waals surface area contributed by atoms with Crippen LogP contribution >= 0.6 is 0 Å². The minimum atomic E-state index is -0.943. The summed E-state index contributed by atoms with van der Waals surface area (Å²) in [6.45, 7) is 6.77. The van der Waals surface area contributed by atoms with E-state index in [1.807, 2.05) is 0 Å². The Morgan fingerprint density at radius 1 is 1.07 bits per heavy atom. The minimum Gasteiger partial charge on any atom is -0.497 e. The summed E-state index contributed by atoms with van der Waals surface area (Å²) in [5, 5.41) is 0. The SMILES string of the molecule is COc1ccc(OCCCC(=O)O[C@H](C)C(=O)c2[nH]c(C)c(C(C)=O)c2C)cc1. The Morgan fingerprint density at radius 2 is 1.69 bits per heavy atom. The van der Waals surface area contributed by atoms with Crippen LogP contribution in [0.4, 0.5) is 0 Å². The summed E-state index contributed by atoms with van der Waals surface area (Å²) in [7, 11) is 1.59. The second-order valence-corrected chi connectivity index (χ2v) is 6.81. The highest BCUT2D eigenvalue weighted by molar-refractivity contribution is 6.05. The van der Waals surface area contributed by atoms with Crippen LogP contribution in [0.3, 0.4) is 0 Å². The van der Waals surface area contributed by atoms with E-state index in [9.17, 15) is 14.4 Å².